The van der Waals surface area contributed by atoms with Gasteiger partial charge in [-0.3, -0.25) is 0 Å². The number of aryl methyl sites for hydroxylation is 1. The summed E-state index contributed by atoms with van der Waals surface area (Å²) in [5.74, 6) is 1.15. The lowest BCUT2D eigenvalue weighted by atomic mass is 9.80. The quantitative estimate of drug-likeness (QED) is 0.649. The van der Waals surface area contributed by atoms with Crippen molar-refractivity contribution in [1.29, 1.82) is 0 Å². The number of sulfone groups is 1. The first kappa shape index (κ1) is 24.4. The molecule has 0 spiro atoms. The van der Waals surface area contributed by atoms with Gasteiger partial charge in [0.2, 0.25) is 10.0 Å². The molecule has 0 aromatic heterocycles. The zero-order valence-electron chi connectivity index (χ0n) is 18.4. The van der Waals surface area contributed by atoms with Crippen LogP contribution in [0.2, 0.25) is 0 Å². The Hall–Kier alpha value is -0.920. The van der Waals surface area contributed by atoms with Crippen LogP contribution in [0.4, 0.5) is 0 Å². The highest BCUT2D eigenvalue weighted by Gasteiger charge is 2.33. The van der Waals surface area contributed by atoms with E-state index in [-0.39, 0.29) is 12.0 Å². The molecule has 0 aliphatic heterocycles. The number of nitrogens with one attached hydrogen (secondary N) is 1. The van der Waals surface area contributed by atoms with Crippen molar-refractivity contribution < 1.29 is 16.8 Å². The van der Waals surface area contributed by atoms with Crippen LogP contribution in [0.1, 0.15) is 72.3 Å². The van der Waals surface area contributed by atoms with Crippen LogP contribution in [0.15, 0.2) is 29.2 Å². The van der Waals surface area contributed by atoms with Crippen molar-refractivity contribution in [3.8, 4) is 0 Å². The minimum absolute atomic E-state index is 0.138. The monoisotopic (exact) mass is 443 g/mol. The molecule has 0 saturated heterocycles. The third-order valence-electron chi connectivity index (χ3n) is 5.80. The molecular weight excluding hydrogens is 406 g/mol. The highest BCUT2D eigenvalue weighted by molar-refractivity contribution is 7.92. The van der Waals surface area contributed by atoms with Gasteiger partial charge in [-0.05, 0) is 89.8 Å². The number of rotatable bonds is 8. The molecule has 0 bridgehead atoms. The van der Waals surface area contributed by atoms with E-state index in [1.165, 1.54) is 0 Å². The van der Waals surface area contributed by atoms with E-state index in [4.69, 9.17) is 0 Å². The van der Waals surface area contributed by atoms with Crippen molar-refractivity contribution in [1.82, 2.24) is 4.72 Å². The lowest BCUT2D eigenvalue weighted by Gasteiger charge is -2.30. The standard InChI is InChI=1S/C22H37NO4S2/c1-17(2)23-29(26,27)21-8-6-7-19(15-21)12-9-18-10-13-20(14-11-18)16-28(24,25)22(3,4)5/h6-8,15,17-18,20,23H,9-14,16H2,1-5H3. The van der Waals surface area contributed by atoms with Crippen molar-refractivity contribution in [2.45, 2.75) is 88.8 Å². The Morgan fingerprint density at radius 3 is 2.14 bits per heavy atom. The highest BCUT2D eigenvalue weighted by atomic mass is 32.2. The largest absolute Gasteiger partial charge is 0.240 e. The van der Waals surface area contributed by atoms with E-state index < -0.39 is 24.6 Å². The number of benzene rings is 1. The fourth-order valence-corrected chi connectivity index (χ4v) is 6.64. The summed E-state index contributed by atoms with van der Waals surface area (Å²) in [4.78, 5) is 0.319. The Morgan fingerprint density at radius 2 is 1.59 bits per heavy atom. The summed E-state index contributed by atoms with van der Waals surface area (Å²) < 4.78 is 51.5. The molecule has 1 aliphatic carbocycles. The first-order chi connectivity index (χ1) is 13.3. The number of sulfonamides is 1. The molecule has 1 aromatic carbocycles. The second-order valence-corrected chi connectivity index (χ2v) is 14.2. The van der Waals surface area contributed by atoms with Gasteiger partial charge in [0.15, 0.2) is 9.84 Å². The van der Waals surface area contributed by atoms with E-state index >= 15 is 0 Å². The molecule has 1 N–H and O–H groups in total. The van der Waals surface area contributed by atoms with Gasteiger partial charge in [-0.2, -0.15) is 0 Å². The van der Waals surface area contributed by atoms with Crippen molar-refractivity contribution in [2.75, 3.05) is 5.75 Å². The zero-order valence-corrected chi connectivity index (χ0v) is 20.1. The lowest BCUT2D eigenvalue weighted by Crippen LogP contribution is -2.34. The third-order valence-corrected chi connectivity index (χ3v) is 10.2. The van der Waals surface area contributed by atoms with Gasteiger partial charge >= 0.3 is 0 Å². The lowest BCUT2D eigenvalue weighted by molar-refractivity contribution is 0.278. The summed E-state index contributed by atoms with van der Waals surface area (Å²) in [5.41, 5.74) is 1.04. The van der Waals surface area contributed by atoms with E-state index in [0.717, 1.165) is 44.1 Å². The van der Waals surface area contributed by atoms with Gasteiger partial charge in [-0.1, -0.05) is 25.0 Å². The maximum atomic E-state index is 12.4. The summed E-state index contributed by atoms with van der Waals surface area (Å²) in [7, 11) is -6.53. The maximum Gasteiger partial charge on any atom is 0.240 e. The van der Waals surface area contributed by atoms with Crippen LogP contribution in [0, 0.1) is 11.8 Å². The fraction of sp³-hybridized carbons (Fsp3) is 0.727. The van der Waals surface area contributed by atoms with Gasteiger partial charge in [-0.15, -0.1) is 0 Å². The second kappa shape index (κ2) is 9.48. The van der Waals surface area contributed by atoms with Gasteiger partial charge in [0.25, 0.3) is 0 Å². The summed E-state index contributed by atoms with van der Waals surface area (Å²) in [6.45, 7) is 8.95. The van der Waals surface area contributed by atoms with Crippen LogP contribution < -0.4 is 4.72 Å². The third kappa shape index (κ3) is 7.07. The Morgan fingerprint density at radius 1 is 1.00 bits per heavy atom. The minimum atomic E-state index is -3.47. The first-order valence-corrected chi connectivity index (χ1v) is 13.8. The molecule has 5 nitrogen and oxygen atoms in total. The first-order valence-electron chi connectivity index (χ1n) is 10.6. The SMILES string of the molecule is CC(C)NS(=O)(=O)c1cccc(CCC2CCC(CS(=O)(=O)C(C)(C)C)CC2)c1. The summed E-state index contributed by atoms with van der Waals surface area (Å²) in [5, 5.41) is 0. The van der Waals surface area contributed by atoms with Gasteiger partial charge < -0.3 is 0 Å². The molecule has 29 heavy (non-hydrogen) atoms. The zero-order chi connectivity index (χ0) is 21.9. The average molecular weight is 444 g/mol. The van der Waals surface area contributed by atoms with Crippen LogP contribution in [0.25, 0.3) is 0 Å². The molecule has 0 amide bonds. The predicted octanol–water partition coefficient (Wildman–Crippen LogP) is 4.33. The Kier molecular flexibility index (Phi) is 7.96. The summed E-state index contributed by atoms with van der Waals surface area (Å²) in [6.07, 6.45) is 5.90. The van der Waals surface area contributed by atoms with E-state index in [1.807, 2.05) is 19.9 Å². The Labute approximate surface area is 177 Å². The molecule has 0 unspecified atom stereocenters. The molecular formula is C22H37NO4S2. The van der Waals surface area contributed by atoms with Gasteiger partial charge in [0.05, 0.1) is 15.4 Å². The molecule has 7 heteroatoms. The van der Waals surface area contributed by atoms with Crippen LogP contribution in [0.5, 0.6) is 0 Å². The van der Waals surface area contributed by atoms with Gasteiger partial charge in [0.1, 0.15) is 0 Å². The molecule has 166 valence electrons. The topological polar surface area (TPSA) is 80.3 Å². The van der Waals surface area contributed by atoms with Crippen molar-refractivity contribution in [2.24, 2.45) is 11.8 Å². The molecule has 1 saturated carbocycles. The van der Waals surface area contributed by atoms with E-state index in [1.54, 1.807) is 39.0 Å². The molecule has 0 atom stereocenters. The molecule has 1 aromatic rings. The average Bonchev–Trinajstić information content (AvgIpc) is 2.59. The van der Waals surface area contributed by atoms with Crippen LogP contribution in [0.3, 0.4) is 0 Å². The number of hydrogen-bond acceptors (Lipinski definition) is 4. The predicted molar refractivity (Wildman–Crippen MR) is 119 cm³/mol. The van der Waals surface area contributed by atoms with Crippen LogP contribution in [-0.4, -0.2) is 33.4 Å². The summed E-state index contributed by atoms with van der Waals surface area (Å²) >= 11 is 0. The number of hydrogen-bond donors (Lipinski definition) is 1. The van der Waals surface area contributed by atoms with Crippen molar-refractivity contribution in [3.05, 3.63) is 29.8 Å². The van der Waals surface area contributed by atoms with Crippen molar-refractivity contribution >= 4 is 19.9 Å². The summed E-state index contributed by atoms with van der Waals surface area (Å²) in [6, 6.07) is 7.05. The maximum absolute atomic E-state index is 12.4. The van der Waals surface area contributed by atoms with E-state index in [2.05, 4.69) is 4.72 Å². The van der Waals surface area contributed by atoms with E-state index in [9.17, 15) is 16.8 Å². The van der Waals surface area contributed by atoms with Gasteiger partial charge in [-0.25, -0.2) is 21.6 Å². The highest BCUT2D eigenvalue weighted by Crippen LogP contribution is 2.34. The Balaban J connectivity index is 1.88. The Bertz CT molecular complexity index is 876. The van der Waals surface area contributed by atoms with Gasteiger partial charge in [0, 0.05) is 6.04 Å². The van der Waals surface area contributed by atoms with Crippen molar-refractivity contribution in [3.63, 3.8) is 0 Å². The normalized spacial score (nSPS) is 21.4. The molecule has 0 heterocycles. The van der Waals surface area contributed by atoms with Crippen LogP contribution >= 0.6 is 0 Å². The minimum Gasteiger partial charge on any atom is -0.228 e. The van der Waals surface area contributed by atoms with Crippen LogP contribution in [-0.2, 0) is 26.3 Å². The second-order valence-electron chi connectivity index (χ2n) is 9.74. The molecule has 0 radical (unpaired) electrons. The fourth-order valence-electron chi connectivity index (χ4n) is 3.86. The molecule has 1 fully saturated rings. The molecule has 2 rings (SSSR count). The molecule has 1 aliphatic rings. The van der Waals surface area contributed by atoms with E-state index in [0.29, 0.717) is 16.6 Å². The smallest absolute Gasteiger partial charge is 0.228 e.